The van der Waals surface area contributed by atoms with Crippen LogP contribution in [0.4, 0.5) is 5.69 Å². The molecule has 0 saturated carbocycles. The van der Waals surface area contributed by atoms with E-state index in [9.17, 15) is 9.59 Å². The summed E-state index contributed by atoms with van der Waals surface area (Å²) in [4.78, 5) is 22.6. The van der Waals surface area contributed by atoms with Gasteiger partial charge in [-0.05, 0) is 24.1 Å². The van der Waals surface area contributed by atoms with Gasteiger partial charge in [0.1, 0.15) is 0 Å². The number of hydrogen-bond acceptors (Lipinski definition) is 3. The van der Waals surface area contributed by atoms with Crippen LogP contribution in [0.2, 0.25) is 0 Å². The number of para-hydroxylation sites is 1. The Morgan fingerprint density at radius 3 is 2.67 bits per heavy atom. The zero-order valence-corrected chi connectivity index (χ0v) is 12.7. The summed E-state index contributed by atoms with van der Waals surface area (Å²) in [6.07, 6.45) is 5.35. The second kappa shape index (κ2) is 8.68. The van der Waals surface area contributed by atoms with Crippen LogP contribution in [0.1, 0.15) is 36.2 Å². The Morgan fingerprint density at radius 1 is 1.33 bits per heavy atom. The number of nitrogens with zero attached hydrogens (tertiary/aromatic N) is 2. The van der Waals surface area contributed by atoms with E-state index in [1.165, 1.54) is 0 Å². The summed E-state index contributed by atoms with van der Waals surface area (Å²) < 4.78 is 1.70. The molecular formula is C16H21N3O2. The van der Waals surface area contributed by atoms with Gasteiger partial charge in [-0.2, -0.15) is 5.10 Å². The molecule has 1 N–H and O–H groups in total. The number of aryl methyl sites for hydroxylation is 2. The molecule has 0 aliphatic rings. The third kappa shape index (κ3) is 5.22. The first-order chi connectivity index (χ1) is 10.2. The van der Waals surface area contributed by atoms with Crippen LogP contribution in [-0.2, 0) is 18.3 Å². The molecular weight excluding hydrogens is 266 g/mol. The summed E-state index contributed by atoms with van der Waals surface area (Å²) in [5.41, 5.74) is 2.05. The van der Waals surface area contributed by atoms with Crippen molar-refractivity contribution in [2.45, 2.75) is 26.7 Å². The van der Waals surface area contributed by atoms with E-state index in [4.69, 9.17) is 0 Å². The Balaban J connectivity index is 0.00000106. The smallest absolute Gasteiger partial charge is 0.224 e. The van der Waals surface area contributed by atoms with Crippen LogP contribution < -0.4 is 5.32 Å². The number of anilines is 1. The second-order valence-electron chi connectivity index (χ2n) is 4.28. The van der Waals surface area contributed by atoms with Gasteiger partial charge in [-0.1, -0.05) is 26.0 Å². The van der Waals surface area contributed by atoms with Crippen molar-refractivity contribution in [3.8, 4) is 0 Å². The molecule has 0 unspecified atom stereocenters. The van der Waals surface area contributed by atoms with Gasteiger partial charge in [-0.25, -0.2) is 0 Å². The first kappa shape index (κ1) is 16.6. The lowest BCUT2D eigenvalue weighted by molar-refractivity contribution is -0.116. The molecule has 0 bridgehead atoms. The molecule has 2 aromatic rings. The minimum atomic E-state index is -0.113. The van der Waals surface area contributed by atoms with Crippen LogP contribution in [0.15, 0.2) is 36.7 Å². The van der Waals surface area contributed by atoms with Gasteiger partial charge in [-0.15, -0.1) is 0 Å². The number of carbonyl (C=O) groups is 2. The average molecular weight is 287 g/mol. The molecule has 1 heterocycles. The van der Waals surface area contributed by atoms with Crippen LogP contribution in [0, 0.1) is 0 Å². The molecule has 2 rings (SSSR count). The van der Waals surface area contributed by atoms with Crippen LogP contribution in [0.3, 0.4) is 0 Å². The summed E-state index contributed by atoms with van der Waals surface area (Å²) >= 11 is 0. The van der Waals surface area contributed by atoms with Gasteiger partial charge in [0.15, 0.2) is 6.29 Å². The summed E-state index contributed by atoms with van der Waals surface area (Å²) in [5.74, 6) is -0.113. The molecule has 5 heteroatoms. The highest BCUT2D eigenvalue weighted by Gasteiger charge is 2.07. The van der Waals surface area contributed by atoms with E-state index >= 15 is 0 Å². The molecule has 0 aliphatic heterocycles. The van der Waals surface area contributed by atoms with Gasteiger partial charge in [0, 0.05) is 25.2 Å². The minimum absolute atomic E-state index is 0.113. The van der Waals surface area contributed by atoms with E-state index in [1.54, 1.807) is 35.1 Å². The lowest BCUT2D eigenvalue weighted by Gasteiger charge is -2.06. The van der Waals surface area contributed by atoms with E-state index in [0.29, 0.717) is 24.1 Å². The summed E-state index contributed by atoms with van der Waals surface area (Å²) in [5, 5.41) is 6.79. The van der Waals surface area contributed by atoms with Crippen LogP contribution in [0.5, 0.6) is 0 Å². The summed E-state index contributed by atoms with van der Waals surface area (Å²) in [7, 11) is 1.84. The zero-order valence-electron chi connectivity index (χ0n) is 12.7. The van der Waals surface area contributed by atoms with Crippen molar-refractivity contribution in [1.29, 1.82) is 0 Å². The first-order valence-electron chi connectivity index (χ1n) is 7.00. The Kier molecular flexibility index (Phi) is 6.87. The van der Waals surface area contributed by atoms with Gasteiger partial charge in [0.25, 0.3) is 0 Å². The number of benzene rings is 1. The summed E-state index contributed by atoms with van der Waals surface area (Å²) in [6, 6.07) is 6.92. The Hall–Kier alpha value is -2.43. The Bertz CT molecular complexity index is 591. The van der Waals surface area contributed by atoms with E-state index in [1.807, 2.05) is 27.1 Å². The molecule has 0 spiro atoms. The molecule has 112 valence electrons. The predicted octanol–water partition coefficient (Wildman–Crippen LogP) is 2.83. The molecule has 5 nitrogen and oxygen atoms in total. The highest BCUT2D eigenvalue weighted by atomic mass is 16.1. The number of carbonyl (C=O) groups excluding carboxylic acids is 2. The molecule has 0 atom stereocenters. The van der Waals surface area contributed by atoms with Crippen molar-refractivity contribution in [3.05, 3.63) is 47.8 Å². The molecule has 1 amide bonds. The second-order valence-corrected chi connectivity index (χ2v) is 4.28. The quantitative estimate of drug-likeness (QED) is 0.860. The fourth-order valence-corrected chi connectivity index (χ4v) is 1.79. The standard InChI is InChI=1S/C14H15N3O2.C2H6/c1-17-9-11(8-15-17)6-7-14(19)16-13-5-3-2-4-12(13)10-18;1-2/h2-5,8-10H,6-7H2,1H3,(H,16,19);1-2H3. The van der Waals surface area contributed by atoms with E-state index in [-0.39, 0.29) is 5.91 Å². The summed E-state index contributed by atoms with van der Waals surface area (Å²) in [6.45, 7) is 4.00. The van der Waals surface area contributed by atoms with Gasteiger partial charge in [0.2, 0.25) is 5.91 Å². The van der Waals surface area contributed by atoms with E-state index in [0.717, 1.165) is 11.8 Å². The molecule has 1 aromatic carbocycles. The van der Waals surface area contributed by atoms with Gasteiger partial charge in [-0.3, -0.25) is 14.3 Å². The third-order valence-electron chi connectivity index (χ3n) is 2.76. The molecule has 0 fully saturated rings. The van der Waals surface area contributed by atoms with Crippen LogP contribution in [-0.4, -0.2) is 22.0 Å². The predicted molar refractivity (Wildman–Crippen MR) is 83.3 cm³/mol. The van der Waals surface area contributed by atoms with Crippen molar-refractivity contribution in [2.75, 3.05) is 5.32 Å². The number of amides is 1. The molecule has 0 aliphatic carbocycles. The maximum absolute atomic E-state index is 11.8. The number of hydrogen-bond donors (Lipinski definition) is 1. The number of rotatable bonds is 5. The van der Waals surface area contributed by atoms with Gasteiger partial charge >= 0.3 is 0 Å². The number of aldehydes is 1. The lowest BCUT2D eigenvalue weighted by atomic mass is 10.1. The fraction of sp³-hybridized carbons (Fsp3) is 0.312. The van der Waals surface area contributed by atoms with Gasteiger partial charge in [0.05, 0.1) is 11.9 Å². The number of nitrogens with one attached hydrogen (secondary N) is 1. The van der Waals surface area contributed by atoms with Crippen molar-refractivity contribution >= 4 is 17.9 Å². The third-order valence-corrected chi connectivity index (χ3v) is 2.76. The Labute approximate surface area is 125 Å². The normalized spacial score (nSPS) is 9.48. The Morgan fingerprint density at radius 2 is 2.05 bits per heavy atom. The van der Waals surface area contributed by atoms with Crippen LogP contribution >= 0.6 is 0 Å². The van der Waals surface area contributed by atoms with E-state index in [2.05, 4.69) is 10.4 Å². The zero-order chi connectivity index (χ0) is 15.7. The lowest BCUT2D eigenvalue weighted by Crippen LogP contribution is -2.13. The SMILES string of the molecule is CC.Cn1cc(CCC(=O)Nc2ccccc2C=O)cn1. The topological polar surface area (TPSA) is 64.0 Å². The van der Waals surface area contributed by atoms with Gasteiger partial charge < -0.3 is 5.32 Å². The molecule has 21 heavy (non-hydrogen) atoms. The van der Waals surface area contributed by atoms with Crippen molar-refractivity contribution < 1.29 is 9.59 Å². The van der Waals surface area contributed by atoms with E-state index < -0.39 is 0 Å². The molecule has 0 saturated heterocycles. The maximum Gasteiger partial charge on any atom is 0.224 e. The minimum Gasteiger partial charge on any atom is -0.325 e. The number of aromatic nitrogens is 2. The van der Waals surface area contributed by atoms with Crippen molar-refractivity contribution in [3.63, 3.8) is 0 Å². The van der Waals surface area contributed by atoms with Crippen molar-refractivity contribution in [2.24, 2.45) is 7.05 Å². The monoisotopic (exact) mass is 287 g/mol. The largest absolute Gasteiger partial charge is 0.325 e. The highest BCUT2D eigenvalue weighted by molar-refractivity contribution is 5.96. The fourth-order valence-electron chi connectivity index (χ4n) is 1.79. The average Bonchev–Trinajstić information content (AvgIpc) is 2.93. The van der Waals surface area contributed by atoms with Crippen molar-refractivity contribution in [1.82, 2.24) is 9.78 Å². The first-order valence-corrected chi connectivity index (χ1v) is 7.00. The molecule has 0 radical (unpaired) electrons. The van der Waals surface area contributed by atoms with Crippen LogP contribution in [0.25, 0.3) is 0 Å². The molecule has 1 aromatic heterocycles. The highest BCUT2D eigenvalue weighted by Crippen LogP contribution is 2.13. The maximum atomic E-state index is 11.8.